The van der Waals surface area contributed by atoms with E-state index in [1.165, 1.54) is 30.2 Å². The van der Waals surface area contributed by atoms with Crippen LogP contribution in [0.3, 0.4) is 0 Å². The maximum atomic E-state index is 11.4. The van der Waals surface area contributed by atoms with Gasteiger partial charge in [0.2, 0.25) is 0 Å². The molecule has 1 aromatic rings. The maximum absolute atomic E-state index is 11.4. The molecule has 0 aliphatic heterocycles. The summed E-state index contributed by atoms with van der Waals surface area (Å²) < 4.78 is 22.9. The molecular formula is C15H24N2O2S. The molecule has 0 radical (unpaired) electrons. The lowest BCUT2D eigenvalue weighted by Gasteiger charge is -2.26. The fraction of sp³-hybridized carbons (Fsp3) is 0.667. The normalized spacial score (nSPS) is 15.9. The highest BCUT2D eigenvalue weighted by atomic mass is 32.2. The van der Waals surface area contributed by atoms with Gasteiger partial charge in [0.15, 0.2) is 0 Å². The van der Waals surface area contributed by atoms with Crippen LogP contribution in [-0.2, 0) is 29.2 Å². The highest BCUT2D eigenvalue weighted by Crippen LogP contribution is 2.23. The molecule has 2 rings (SSSR count). The van der Waals surface area contributed by atoms with Gasteiger partial charge in [0.25, 0.3) is 0 Å². The van der Waals surface area contributed by atoms with E-state index in [0.29, 0.717) is 6.54 Å². The molecule has 1 N–H and O–H groups in total. The second-order valence-corrected chi connectivity index (χ2v) is 8.55. The number of aryl methyl sites for hydroxylation is 1. The second kappa shape index (κ2) is 5.82. The second-order valence-electron chi connectivity index (χ2n) is 6.41. The average molecular weight is 296 g/mol. The molecule has 0 amide bonds. The van der Waals surface area contributed by atoms with Crippen molar-refractivity contribution in [3.05, 3.63) is 29.1 Å². The summed E-state index contributed by atoms with van der Waals surface area (Å²) in [5.41, 5.74) is 3.40. The third-order valence-electron chi connectivity index (χ3n) is 3.72. The Balaban J connectivity index is 2.08. The van der Waals surface area contributed by atoms with Crippen molar-refractivity contribution < 1.29 is 8.42 Å². The first-order chi connectivity index (χ1) is 9.27. The number of hydrogen-bond donors (Lipinski definition) is 1. The standard InChI is InChI=1S/C15H24N2O2S/c1-15(2,11-20(3,18)19)17-10-14-13-7-5-4-6-12(13)8-9-16-14/h8-9,17H,4-7,10-11H2,1-3H3. The predicted octanol–water partition coefficient (Wildman–Crippen LogP) is 1.87. The number of fused-ring (bicyclic) bond motifs is 1. The third kappa shape index (κ3) is 4.28. The van der Waals surface area contributed by atoms with Crippen molar-refractivity contribution in [2.75, 3.05) is 12.0 Å². The number of nitrogens with zero attached hydrogens (tertiary/aromatic N) is 1. The Hall–Kier alpha value is -0.940. The summed E-state index contributed by atoms with van der Waals surface area (Å²) in [7, 11) is -2.99. The van der Waals surface area contributed by atoms with E-state index in [1.54, 1.807) is 0 Å². The zero-order chi connectivity index (χ0) is 14.8. The first-order valence-corrected chi connectivity index (χ1v) is 9.21. The van der Waals surface area contributed by atoms with Crippen molar-refractivity contribution in [2.45, 2.75) is 51.6 Å². The number of nitrogens with one attached hydrogen (secondary N) is 1. The van der Waals surface area contributed by atoms with Crippen molar-refractivity contribution in [3.63, 3.8) is 0 Å². The van der Waals surface area contributed by atoms with E-state index in [0.717, 1.165) is 18.5 Å². The molecule has 0 fully saturated rings. The fourth-order valence-corrected chi connectivity index (χ4v) is 4.33. The van der Waals surface area contributed by atoms with Gasteiger partial charge in [-0.15, -0.1) is 0 Å². The number of hydrogen-bond acceptors (Lipinski definition) is 4. The molecule has 5 heteroatoms. The molecule has 0 saturated carbocycles. The minimum Gasteiger partial charge on any atom is -0.305 e. The van der Waals surface area contributed by atoms with Crippen LogP contribution in [0.1, 0.15) is 43.5 Å². The first-order valence-electron chi connectivity index (χ1n) is 7.15. The van der Waals surface area contributed by atoms with Crippen LogP contribution in [0, 0.1) is 0 Å². The topological polar surface area (TPSA) is 59.1 Å². The van der Waals surface area contributed by atoms with Gasteiger partial charge in [0, 0.05) is 24.5 Å². The number of pyridine rings is 1. The molecule has 1 aliphatic rings. The molecule has 1 aliphatic carbocycles. The molecule has 1 heterocycles. The van der Waals surface area contributed by atoms with Crippen LogP contribution in [0.4, 0.5) is 0 Å². The fourth-order valence-electron chi connectivity index (χ4n) is 2.92. The molecule has 1 aromatic heterocycles. The zero-order valence-corrected chi connectivity index (χ0v) is 13.4. The van der Waals surface area contributed by atoms with Crippen LogP contribution in [0.2, 0.25) is 0 Å². The van der Waals surface area contributed by atoms with Crippen molar-refractivity contribution >= 4 is 9.84 Å². The van der Waals surface area contributed by atoms with Crippen LogP contribution < -0.4 is 5.32 Å². The number of rotatable bonds is 5. The van der Waals surface area contributed by atoms with Gasteiger partial charge in [-0.2, -0.15) is 0 Å². The minimum absolute atomic E-state index is 0.134. The Morgan fingerprint density at radius 3 is 2.70 bits per heavy atom. The van der Waals surface area contributed by atoms with Crippen LogP contribution in [0.25, 0.3) is 0 Å². The smallest absolute Gasteiger partial charge is 0.149 e. The highest BCUT2D eigenvalue weighted by molar-refractivity contribution is 7.90. The largest absolute Gasteiger partial charge is 0.305 e. The zero-order valence-electron chi connectivity index (χ0n) is 12.6. The van der Waals surface area contributed by atoms with Crippen molar-refractivity contribution in [2.24, 2.45) is 0 Å². The Bertz CT molecular complexity index is 580. The molecule has 0 atom stereocenters. The Kier molecular flexibility index (Phi) is 4.49. The van der Waals surface area contributed by atoms with E-state index < -0.39 is 15.4 Å². The predicted molar refractivity (Wildman–Crippen MR) is 81.5 cm³/mol. The minimum atomic E-state index is -2.99. The van der Waals surface area contributed by atoms with Crippen LogP contribution >= 0.6 is 0 Å². The summed E-state index contributed by atoms with van der Waals surface area (Å²) in [5, 5.41) is 3.34. The summed E-state index contributed by atoms with van der Waals surface area (Å²) in [4.78, 5) is 4.48. The Morgan fingerprint density at radius 1 is 1.30 bits per heavy atom. The summed E-state index contributed by atoms with van der Waals surface area (Å²) in [6.45, 7) is 4.47. The van der Waals surface area contributed by atoms with Gasteiger partial charge in [-0.1, -0.05) is 0 Å². The van der Waals surface area contributed by atoms with Gasteiger partial charge >= 0.3 is 0 Å². The Labute approximate surface area is 121 Å². The lowest BCUT2D eigenvalue weighted by atomic mass is 9.91. The summed E-state index contributed by atoms with van der Waals surface area (Å²) in [6.07, 6.45) is 7.84. The van der Waals surface area contributed by atoms with E-state index in [-0.39, 0.29) is 5.75 Å². The van der Waals surface area contributed by atoms with E-state index in [4.69, 9.17) is 0 Å². The molecule has 0 unspecified atom stereocenters. The lowest BCUT2D eigenvalue weighted by molar-refractivity contribution is 0.418. The molecule has 0 saturated heterocycles. The molecule has 4 nitrogen and oxygen atoms in total. The summed E-state index contributed by atoms with van der Waals surface area (Å²) in [5.74, 6) is 0.134. The van der Waals surface area contributed by atoms with Crippen molar-refractivity contribution in [3.8, 4) is 0 Å². The molecule has 0 spiro atoms. The van der Waals surface area contributed by atoms with Gasteiger partial charge in [-0.25, -0.2) is 8.42 Å². The average Bonchev–Trinajstić information content (AvgIpc) is 2.33. The number of sulfone groups is 1. The maximum Gasteiger partial charge on any atom is 0.149 e. The van der Waals surface area contributed by atoms with Crippen LogP contribution in [0.5, 0.6) is 0 Å². The Morgan fingerprint density at radius 2 is 2.00 bits per heavy atom. The summed E-state index contributed by atoms with van der Waals surface area (Å²) in [6, 6.07) is 2.11. The van der Waals surface area contributed by atoms with E-state index in [2.05, 4.69) is 16.4 Å². The monoisotopic (exact) mass is 296 g/mol. The molecule has 112 valence electrons. The van der Waals surface area contributed by atoms with E-state index in [9.17, 15) is 8.42 Å². The van der Waals surface area contributed by atoms with E-state index >= 15 is 0 Å². The van der Waals surface area contributed by atoms with Gasteiger partial charge in [-0.3, -0.25) is 4.98 Å². The van der Waals surface area contributed by atoms with Gasteiger partial charge in [0.05, 0.1) is 11.4 Å². The van der Waals surface area contributed by atoms with Gasteiger partial charge in [-0.05, 0) is 56.7 Å². The first kappa shape index (κ1) is 15.4. The van der Waals surface area contributed by atoms with Crippen molar-refractivity contribution in [1.29, 1.82) is 0 Å². The highest BCUT2D eigenvalue weighted by Gasteiger charge is 2.23. The van der Waals surface area contributed by atoms with Crippen molar-refractivity contribution in [1.82, 2.24) is 10.3 Å². The molecule has 0 bridgehead atoms. The quantitative estimate of drug-likeness (QED) is 0.901. The lowest BCUT2D eigenvalue weighted by Crippen LogP contribution is -2.44. The van der Waals surface area contributed by atoms with Gasteiger partial charge in [0.1, 0.15) is 9.84 Å². The number of aromatic nitrogens is 1. The van der Waals surface area contributed by atoms with Gasteiger partial charge < -0.3 is 5.32 Å². The SMILES string of the molecule is CC(C)(CS(C)(=O)=O)NCc1nccc2c1CCCC2. The summed E-state index contributed by atoms with van der Waals surface area (Å²) >= 11 is 0. The van der Waals surface area contributed by atoms with Crippen LogP contribution in [0.15, 0.2) is 12.3 Å². The molecule has 0 aromatic carbocycles. The third-order valence-corrected chi connectivity index (χ3v) is 4.97. The van der Waals surface area contributed by atoms with Crippen LogP contribution in [-0.4, -0.2) is 30.9 Å². The molecule has 20 heavy (non-hydrogen) atoms. The van der Waals surface area contributed by atoms with E-state index in [1.807, 2.05) is 20.0 Å². The molecular weight excluding hydrogens is 272 g/mol.